The molecule has 3 amide bonds. The average Bonchev–Trinajstić information content (AvgIpc) is 2.98. The molecule has 0 spiro atoms. The van der Waals surface area contributed by atoms with E-state index in [0.717, 1.165) is 30.7 Å². The lowest BCUT2D eigenvalue weighted by Gasteiger charge is -2.33. The van der Waals surface area contributed by atoms with Crippen LogP contribution in [0.5, 0.6) is 0 Å². The third kappa shape index (κ3) is 4.97. The summed E-state index contributed by atoms with van der Waals surface area (Å²) in [5.41, 5.74) is 0.732. The molecule has 0 radical (unpaired) electrons. The Morgan fingerprint density at radius 1 is 1.46 bits per heavy atom. The lowest BCUT2D eigenvalue weighted by Crippen LogP contribution is -2.48. The number of likely N-dealkylation sites (tertiary alicyclic amines) is 1. The van der Waals surface area contributed by atoms with E-state index < -0.39 is 0 Å². The summed E-state index contributed by atoms with van der Waals surface area (Å²) in [4.78, 5) is 27.7. The summed E-state index contributed by atoms with van der Waals surface area (Å²) < 4.78 is 5.27. The quantitative estimate of drug-likeness (QED) is 0.890. The van der Waals surface area contributed by atoms with E-state index in [-0.39, 0.29) is 17.9 Å². The molecular weight excluding hydrogens is 308 g/mol. The zero-order valence-electron chi connectivity index (χ0n) is 15.0. The second-order valence-electron chi connectivity index (χ2n) is 7.06. The number of nitrogens with zero attached hydrogens (tertiary/aromatic N) is 3. The summed E-state index contributed by atoms with van der Waals surface area (Å²) in [5, 5.41) is 6.90. The highest BCUT2D eigenvalue weighted by Gasteiger charge is 2.29. The van der Waals surface area contributed by atoms with Gasteiger partial charge in [0.1, 0.15) is 11.5 Å². The summed E-state index contributed by atoms with van der Waals surface area (Å²) in [7, 11) is 3.46. The largest absolute Gasteiger partial charge is 0.361 e. The highest BCUT2D eigenvalue weighted by molar-refractivity contribution is 5.80. The minimum atomic E-state index is -0.162. The molecule has 1 aliphatic heterocycles. The molecule has 1 N–H and O–H groups in total. The Balaban J connectivity index is 1.83. The van der Waals surface area contributed by atoms with Crippen LogP contribution in [0.15, 0.2) is 10.6 Å². The summed E-state index contributed by atoms with van der Waals surface area (Å²) in [5.74, 6) is 1.15. The normalized spacial score (nSPS) is 17.9. The van der Waals surface area contributed by atoms with Crippen LogP contribution in [-0.4, -0.2) is 54.1 Å². The fourth-order valence-electron chi connectivity index (χ4n) is 2.91. The molecule has 1 aliphatic rings. The van der Waals surface area contributed by atoms with Gasteiger partial charge in [-0.15, -0.1) is 0 Å². The van der Waals surface area contributed by atoms with Crippen LogP contribution in [0.1, 0.15) is 38.1 Å². The van der Waals surface area contributed by atoms with Crippen molar-refractivity contribution in [1.82, 2.24) is 20.3 Å². The zero-order valence-corrected chi connectivity index (χ0v) is 15.0. The van der Waals surface area contributed by atoms with Crippen molar-refractivity contribution in [1.29, 1.82) is 0 Å². The average molecular weight is 336 g/mol. The van der Waals surface area contributed by atoms with E-state index >= 15 is 0 Å². The van der Waals surface area contributed by atoms with E-state index in [1.54, 1.807) is 23.9 Å². The molecule has 0 aromatic carbocycles. The minimum absolute atomic E-state index is 0.0281. The number of aromatic nitrogens is 1. The van der Waals surface area contributed by atoms with E-state index in [9.17, 15) is 9.59 Å². The van der Waals surface area contributed by atoms with Gasteiger partial charge in [0, 0.05) is 39.7 Å². The number of nitrogens with one attached hydrogen (secondary N) is 1. The Kier molecular flexibility index (Phi) is 6.23. The fourth-order valence-corrected chi connectivity index (χ4v) is 2.91. The highest BCUT2D eigenvalue weighted by Crippen LogP contribution is 2.18. The molecule has 7 nitrogen and oxygen atoms in total. The van der Waals surface area contributed by atoms with Gasteiger partial charge in [-0.05, 0) is 18.8 Å². The Morgan fingerprint density at radius 3 is 2.88 bits per heavy atom. The molecule has 1 unspecified atom stereocenters. The van der Waals surface area contributed by atoms with Gasteiger partial charge in [0.25, 0.3) is 0 Å². The third-order valence-corrected chi connectivity index (χ3v) is 4.11. The van der Waals surface area contributed by atoms with Crippen LogP contribution in [0.25, 0.3) is 0 Å². The molecular formula is C17H28N4O3. The molecule has 1 aromatic heterocycles. The summed E-state index contributed by atoms with van der Waals surface area (Å²) >= 11 is 0. The van der Waals surface area contributed by atoms with Crippen molar-refractivity contribution in [3.8, 4) is 0 Å². The molecule has 2 rings (SSSR count). The van der Waals surface area contributed by atoms with Crippen molar-refractivity contribution < 1.29 is 14.1 Å². The van der Waals surface area contributed by atoms with Crippen molar-refractivity contribution in [2.24, 2.45) is 11.8 Å². The Morgan fingerprint density at radius 2 is 2.21 bits per heavy atom. The summed E-state index contributed by atoms with van der Waals surface area (Å²) in [6.07, 6.45) is 2.49. The van der Waals surface area contributed by atoms with Crippen LogP contribution in [0.2, 0.25) is 0 Å². The smallest absolute Gasteiger partial charge is 0.319 e. The number of urea groups is 1. The Hall–Kier alpha value is -2.05. The first kappa shape index (κ1) is 18.3. The molecule has 0 aliphatic carbocycles. The van der Waals surface area contributed by atoms with Gasteiger partial charge in [0.15, 0.2) is 0 Å². The van der Waals surface area contributed by atoms with Gasteiger partial charge in [0.2, 0.25) is 5.91 Å². The SMILES string of the molecule is CC(C)Cc1cc(CNC(=O)C2CCCN(C(=O)N(C)C)C2)no1. The molecule has 134 valence electrons. The molecule has 2 heterocycles. The maximum Gasteiger partial charge on any atom is 0.319 e. The number of hydrogen-bond acceptors (Lipinski definition) is 4. The Bertz CT molecular complexity index is 568. The lowest BCUT2D eigenvalue weighted by molar-refractivity contribution is -0.126. The van der Waals surface area contributed by atoms with E-state index in [2.05, 4.69) is 24.3 Å². The van der Waals surface area contributed by atoms with Gasteiger partial charge in [-0.25, -0.2) is 4.79 Å². The van der Waals surface area contributed by atoms with Crippen molar-refractivity contribution in [2.75, 3.05) is 27.2 Å². The van der Waals surface area contributed by atoms with E-state index in [0.29, 0.717) is 25.6 Å². The maximum atomic E-state index is 12.4. The van der Waals surface area contributed by atoms with Crippen molar-refractivity contribution in [3.63, 3.8) is 0 Å². The molecule has 0 bridgehead atoms. The zero-order chi connectivity index (χ0) is 17.7. The Labute approximate surface area is 143 Å². The number of piperidine rings is 1. The number of amides is 3. The number of carbonyl (C=O) groups excluding carboxylic acids is 2. The highest BCUT2D eigenvalue weighted by atomic mass is 16.5. The second-order valence-corrected chi connectivity index (χ2v) is 7.06. The first-order valence-electron chi connectivity index (χ1n) is 8.55. The van der Waals surface area contributed by atoms with E-state index in [1.165, 1.54) is 0 Å². The van der Waals surface area contributed by atoms with Crippen LogP contribution < -0.4 is 5.32 Å². The van der Waals surface area contributed by atoms with Crippen molar-refractivity contribution >= 4 is 11.9 Å². The van der Waals surface area contributed by atoms with Crippen molar-refractivity contribution in [2.45, 2.75) is 39.7 Å². The van der Waals surface area contributed by atoms with Gasteiger partial charge in [-0.2, -0.15) is 0 Å². The van der Waals surface area contributed by atoms with Gasteiger partial charge in [0.05, 0.1) is 12.5 Å². The van der Waals surface area contributed by atoms with Crippen LogP contribution in [-0.2, 0) is 17.8 Å². The summed E-state index contributed by atoms with van der Waals surface area (Å²) in [6, 6.07) is 1.85. The standard InChI is InChI=1S/C17H28N4O3/c1-12(2)8-15-9-14(19-24-15)10-18-16(22)13-6-5-7-21(11-13)17(23)20(3)4/h9,12-13H,5-8,10-11H2,1-4H3,(H,18,22). The molecule has 24 heavy (non-hydrogen) atoms. The fraction of sp³-hybridized carbons (Fsp3) is 0.706. The number of hydrogen-bond donors (Lipinski definition) is 1. The van der Waals surface area contributed by atoms with Crippen LogP contribution in [0.4, 0.5) is 4.79 Å². The predicted molar refractivity (Wildman–Crippen MR) is 90.3 cm³/mol. The van der Waals surface area contributed by atoms with Gasteiger partial charge < -0.3 is 19.6 Å². The molecule has 1 saturated heterocycles. The first-order chi connectivity index (χ1) is 11.4. The molecule has 0 saturated carbocycles. The maximum absolute atomic E-state index is 12.4. The molecule has 1 fully saturated rings. The molecule has 1 aromatic rings. The lowest BCUT2D eigenvalue weighted by atomic mass is 9.97. The van der Waals surface area contributed by atoms with Crippen LogP contribution in [0.3, 0.4) is 0 Å². The topological polar surface area (TPSA) is 78.7 Å². The van der Waals surface area contributed by atoms with E-state index in [1.807, 2.05) is 6.07 Å². The second kappa shape index (κ2) is 8.17. The van der Waals surface area contributed by atoms with Gasteiger partial charge in [-0.3, -0.25) is 4.79 Å². The monoisotopic (exact) mass is 336 g/mol. The van der Waals surface area contributed by atoms with Crippen molar-refractivity contribution in [3.05, 3.63) is 17.5 Å². The number of rotatable bonds is 5. The third-order valence-electron chi connectivity index (χ3n) is 4.11. The summed E-state index contributed by atoms with van der Waals surface area (Å²) in [6.45, 7) is 5.78. The minimum Gasteiger partial charge on any atom is -0.361 e. The number of carbonyl (C=O) groups is 2. The van der Waals surface area contributed by atoms with Crippen LogP contribution in [0, 0.1) is 11.8 Å². The predicted octanol–water partition coefficient (Wildman–Crippen LogP) is 1.88. The van der Waals surface area contributed by atoms with Crippen LogP contribution >= 0.6 is 0 Å². The van der Waals surface area contributed by atoms with E-state index in [4.69, 9.17) is 4.52 Å². The van der Waals surface area contributed by atoms with Gasteiger partial charge in [-0.1, -0.05) is 19.0 Å². The molecule has 7 heteroatoms. The van der Waals surface area contributed by atoms with Gasteiger partial charge >= 0.3 is 6.03 Å². The molecule has 1 atom stereocenters. The first-order valence-corrected chi connectivity index (χ1v) is 8.55.